The molecule has 1 unspecified atom stereocenters. The van der Waals surface area contributed by atoms with Crippen molar-refractivity contribution in [2.24, 2.45) is 4.99 Å². The van der Waals surface area contributed by atoms with Gasteiger partial charge < -0.3 is 9.47 Å². The average Bonchev–Trinajstić information content (AvgIpc) is 3.09. The van der Waals surface area contributed by atoms with Gasteiger partial charge in [-0.05, 0) is 36.8 Å². The lowest BCUT2D eigenvalue weighted by Crippen LogP contribution is -2.46. The number of hydrazine groups is 1. The van der Waals surface area contributed by atoms with Crippen molar-refractivity contribution in [3.05, 3.63) is 53.6 Å². The van der Waals surface area contributed by atoms with E-state index in [9.17, 15) is 18.0 Å². The van der Waals surface area contributed by atoms with Crippen molar-refractivity contribution in [3.8, 4) is 11.5 Å². The molecule has 3 N–H and O–H groups in total. The number of nitrogens with zero attached hydrogens (tertiary/aromatic N) is 1. The summed E-state index contributed by atoms with van der Waals surface area (Å²) in [6.45, 7) is 1.97. The minimum atomic E-state index is -3.73. The van der Waals surface area contributed by atoms with E-state index in [0.717, 1.165) is 6.42 Å². The van der Waals surface area contributed by atoms with Crippen LogP contribution in [0.1, 0.15) is 42.1 Å². The van der Waals surface area contributed by atoms with E-state index >= 15 is 0 Å². The molecule has 0 spiro atoms. The molecule has 2 amide bonds. The number of ether oxygens (including phenoxy) is 2. The van der Waals surface area contributed by atoms with Crippen LogP contribution in [-0.2, 0) is 14.8 Å². The molecule has 2 aromatic rings. The van der Waals surface area contributed by atoms with E-state index in [2.05, 4.69) is 20.6 Å². The zero-order chi connectivity index (χ0) is 24.0. The second kappa shape index (κ2) is 10.3. The van der Waals surface area contributed by atoms with Crippen molar-refractivity contribution >= 4 is 27.7 Å². The van der Waals surface area contributed by atoms with E-state index < -0.39 is 27.9 Å². The molecule has 0 radical (unpaired) electrons. The van der Waals surface area contributed by atoms with E-state index in [-0.39, 0.29) is 16.3 Å². The molecular formula is C22H26N4O6S. The van der Waals surface area contributed by atoms with Gasteiger partial charge in [0.25, 0.3) is 21.8 Å². The number of unbranched alkanes of at least 4 members (excludes halogenated alkanes) is 1. The van der Waals surface area contributed by atoms with Crippen LogP contribution in [0.5, 0.6) is 11.5 Å². The van der Waals surface area contributed by atoms with E-state index in [1.165, 1.54) is 32.4 Å². The standard InChI is InChI=1S/C22H26N4O6S/c1-4-5-9-16(23-20-15-8-6-7-10-19(15)33(29,30)26-20)22(28)25-24-21(27)14-11-12-17(31-2)18(13-14)32-3/h6-8,10-13,16H,4-5,9H2,1-3H3,(H,23,26)(H,24,27)(H,25,28). The van der Waals surface area contributed by atoms with Crippen LogP contribution in [0.3, 0.4) is 0 Å². The fraction of sp³-hybridized carbons (Fsp3) is 0.318. The number of fused-ring (bicyclic) bond motifs is 1. The van der Waals surface area contributed by atoms with Crippen LogP contribution >= 0.6 is 0 Å². The Kier molecular flexibility index (Phi) is 7.54. The summed E-state index contributed by atoms with van der Waals surface area (Å²) in [4.78, 5) is 29.8. The number of carbonyl (C=O) groups excluding carboxylic acids is 2. The highest BCUT2D eigenvalue weighted by atomic mass is 32.2. The van der Waals surface area contributed by atoms with E-state index in [0.29, 0.717) is 29.9 Å². The van der Waals surface area contributed by atoms with Gasteiger partial charge in [0.15, 0.2) is 11.5 Å². The number of hydrogen-bond acceptors (Lipinski definition) is 7. The molecule has 3 rings (SSSR count). The average molecular weight is 475 g/mol. The number of nitrogens with one attached hydrogen (secondary N) is 3. The molecule has 1 aliphatic rings. The summed E-state index contributed by atoms with van der Waals surface area (Å²) in [5, 5.41) is 0. The molecule has 1 atom stereocenters. The lowest BCUT2D eigenvalue weighted by Gasteiger charge is -2.15. The van der Waals surface area contributed by atoms with E-state index in [1.54, 1.807) is 24.3 Å². The third-order valence-electron chi connectivity index (χ3n) is 5.03. The molecule has 0 aromatic heterocycles. The maximum atomic E-state index is 12.8. The Bertz CT molecular complexity index is 1180. The molecular weight excluding hydrogens is 448 g/mol. The molecule has 1 aliphatic heterocycles. The minimum Gasteiger partial charge on any atom is -0.493 e. The molecule has 0 fully saturated rings. The Balaban J connectivity index is 1.76. The van der Waals surface area contributed by atoms with Gasteiger partial charge in [-0.2, -0.15) is 0 Å². The molecule has 1 heterocycles. The maximum Gasteiger partial charge on any atom is 0.269 e. The summed E-state index contributed by atoms with van der Waals surface area (Å²) in [5.41, 5.74) is 5.40. The summed E-state index contributed by atoms with van der Waals surface area (Å²) in [7, 11) is -0.788. The Morgan fingerprint density at radius 2 is 1.79 bits per heavy atom. The van der Waals surface area contributed by atoms with Gasteiger partial charge >= 0.3 is 0 Å². The summed E-state index contributed by atoms with van der Waals surface area (Å²) < 4.78 is 37.4. The number of rotatable bonds is 8. The first-order chi connectivity index (χ1) is 15.8. The molecule has 0 aliphatic carbocycles. The van der Waals surface area contributed by atoms with Crippen LogP contribution in [-0.4, -0.2) is 46.3 Å². The number of sulfonamides is 1. The van der Waals surface area contributed by atoms with Gasteiger partial charge in [0.1, 0.15) is 11.9 Å². The second-order valence-electron chi connectivity index (χ2n) is 7.25. The Morgan fingerprint density at radius 1 is 1.06 bits per heavy atom. The second-order valence-corrected chi connectivity index (χ2v) is 8.90. The number of benzene rings is 2. The van der Waals surface area contributed by atoms with Crippen molar-refractivity contribution in [2.75, 3.05) is 14.2 Å². The molecule has 33 heavy (non-hydrogen) atoms. The van der Waals surface area contributed by atoms with Gasteiger partial charge in [-0.1, -0.05) is 31.9 Å². The summed E-state index contributed by atoms with van der Waals surface area (Å²) in [5.74, 6) is -0.178. The lowest BCUT2D eigenvalue weighted by atomic mass is 10.1. The molecule has 11 heteroatoms. The first kappa shape index (κ1) is 24.1. The quantitative estimate of drug-likeness (QED) is 0.499. The maximum absolute atomic E-state index is 12.8. The number of hydrogen-bond donors (Lipinski definition) is 3. The van der Waals surface area contributed by atoms with Gasteiger partial charge in [-0.15, -0.1) is 0 Å². The lowest BCUT2D eigenvalue weighted by molar-refractivity contribution is -0.123. The molecule has 0 bridgehead atoms. The predicted octanol–water partition coefficient (Wildman–Crippen LogP) is 1.76. The smallest absolute Gasteiger partial charge is 0.269 e. The van der Waals surface area contributed by atoms with E-state index in [1.807, 2.05) is 6.92 Å². The summed E-state index contributed by atoms with van der Waals surface area (Å²) >= 11 is 0. The number of amides is 2. The first-order valence-corrected chi connectivity index (χ1v) is 11.8. The van der Waals surface area contributed by atoms with Crippen LogP contribution < -0.4 is 25.0 Å². The molecule has 0 saturated heterocycles. The Labute approximate surface area is 192 Å². The number of amidine groups is 1. The van der Waals surface area contributed by atoms with Crippen molar-refractivity contribution in [3.63, 3.8) is 0 Å². The SMILES string of the molecule is CCCCC(N=C1NS(=O)(=O)c2ccccc21)C(=O)NNC(=O)c1ccc(OC)c(OC)c1. The first-order valence-electron chi connectivity index (χ1n) is 10.3. The minimum absolute atomic E-state index is 0.105. The van der Waals surface area contributed by atoms with Crippen LogP contribution in [0, 0.1) is 0 Å². The van der Waals surface area contributed by atoms with Gasteiger partial charge in [0.2, 0.25) is 0 Å². The van der Waals surface area contributed by atoms with Crippen molar-refractivity contribution in [1.82, 2.24) is 15.6 Å². The van der Waals surface area contributed by atoms with Crippen LogP contribution in [0.15, 0.2) is 52.4 Å². The summed E-state index contributed by atoms with van der Waals surface area (Å²) in [6.07, 6.45) is 1.88. The Morgan fingerprint density at radius 3 is 2.48 bits per heavy atom. The van der Waals surface area contributed by atoms with Gasteiger partial charge in [-0.3, -0.25) is 30.2 Å². The molecule has 2 aromatic carbocycles. The van der Waals surface area contributed by atoms with Crippen LogP contribution in [0.4, 0.5) is 0 Å². The highest BCUT2D eigenvalue weighted by molar-refractivity contribution is 7.90. The Hall–Kier alpha value is -3.60. The number of aliphatic imine (C=N–C) groups is 1. The molecule has 0 saturated carbocycles. The number of carbonyl (C=O) groups is 2. The third-order valence-corrected chi connectivity index (χ3v) is 6.42. The fourth-order valence-electron chi connectivity index (χ4n) is 3.29. The third kappa shape index (κ3) is 5.43. The van der Waals surface area contributed by atoms with Crippen LogP contribution in [0.25, 0.3) is 0 Å². The largest absolute Gasteiger partial charge is 0.493 e. The normalized spacial score (nSPS) is 15.8. The molecule has 10 nitrogen and oxygen atoms in total. The van der Waals surface area contributed by atoms with Gasteiger partial charge in [0, 0.05) is 11.1 Å². The van der Waals surface area contributed by atoms with Crippen molar-refractivity contribution in [1.29, 1.82) is 0 Å². The van der Waals surface area contributed by atoms with Gasteiger partial charge in [0.05, 0.1) is 19.1 Å². The topological polar surface area (TPSA) is 135 Å². The molecule has 176 valence electrons. The summed E-state index contributed by atoms with van der Waals surface area (Å²) in [6, 6.07) is 10.1. The van der Waals surface area contributed by atoms with Crippen molar-refractivity contribution in [2.45, 2.75) is 37.1 Å². The highest BCUT2D eigenvalue weighted by Crippen LogP contribution is 2.27. The van der Waals surface area contributed by atoms with Crippen LogP contribution in [0.2, 0.25) is 0 Å². The number of methoxy groups -OCH3 is 2. The fourth-order valence-corrected chi connectivity index (χ4v) is 4.53. The van der Waals surface area contributed by atoms with Crippen molar-refractivity contribution < 1.29 is 27.5 Å². The predicted molar refractivity (Wildman–Crippen MR) is 122 cm³/mol. The zero-order valence-electron chi connectivity index (χ0n) is 18.5. The monoisotopic (exact) mass is 474 g/mol. The van der Waals surface area contributed by atoms with E-state index in [4.69, 9.17) is 9.47 Å². The van der Waals surface area contributed by atoms with Gasteiger partial charge in [-0.25, -0.2) is 8.42 Å². The highest BCUT2D eigenvalue weighted by Gasteiger charge is 2.31. The zero-order valence-corrected chi connectivity index (χ0v) is 19.4.